The van der Waals surface area contributed by atoms with Gasteiger partial charge in [0.1, 0.15) is 12.2 Å². The number of rotatable bonds is 5. The van der Waals surface area contributed by atoms with Gasteiger partial charge in [-0.2, -0.15) is 0 Å². The standard InChI is InChI=1S/C24H38O5/c1-15-6-7-20-19(10-13-25)21(9-12-23(15,20)4)24(5)11-8-18(28-16(2)26)14-22(24)29-17(3)27/h18-22,25H,1,6-14H2,2-5H3/t18-,19-,20?,21?,22-,23+,24+/m0/s1. The highest BCUT2D eigenvalue weighted by atomic mass is 16.6. The van der Waals surface area contributed by atoms with E-state index in [-0.39, 0.29) is 41.6 Å². The summed E-state index contributed by atoms with van der Waals surface area (Å²) in [4.78, 5) is 23.4. The van der Waals surface area contributed by atoms with Crippen molar-refractivity contribution in [3.8, 4) is 0 Å². The second-order valence-electron chi connectivity index (χ2n) is 10.1. The molecule has 0 spiro atoms. The van der Waals surface area contributed by atoms with E-state index in [4.69, 9.17) is 9.47 Å². The maximum absolute atomic E-state index is 11.9. The van der Waals surface area contributed by atoms with Gasteiger partial charge in [0, 0.05) is 32.3 Å². The lowest BCUT2D eigenvalue weighted by molar-refractivity contribution is -0.179. The van der Waals surface area contributed by atoms with E-state index in [2.05, 4.69) is 20.4 Å². The number of allylic oxidation sites excluding steroid dienone is 1. The van der Waals surface area contributed by atoms with Crippen LogP contribution in [0.2, 0.25) is 0 Å². The quantitative estimate of drug-likeness (QED) is 0.540. The van der Waals surface area contributed by atoms with Gasteiger partial charge in [-0.25, -0.2) is 0 Å². The van der Waals surface area contributed by atoms with Gasteiger partial charge in [0.15, 0.2) is 0 Å². The zero-order valence-corrected chi connectivity index (χ0v) is 18.5. The molecule has 3 aliphatic carbocycles. The molecule has 0 heterocycles. The number of carbonyl (C=O) groups excluding carboxylic acids is 2. The van der Waals surface area contributed by atoms with Gasteiger partial charge in [-0.1, -0.05) is 26.0 Å². The zero-order chi connectivity index (χ0) is 21.4. The number of carbonyl (C=O) groups is 2. The molecule has 0 aromatic heterocycles. The van der Waals surface area contributed by atoms with Gasteiger partial charge in [-0.15, -0.1) is 0 Å². The summed E-state index contributed by atoms with van der Waals surface area (Å²) in [6.45, 7) is 12.1. The minimum absolute atomic E-state index is 0.165. The molecule has 0 radical (unpaired) electrons. The zero-order valence-electron chi connectivity index (χ0n) is 18.5. The van der Waals surface area contributed by atoms with Crippen molar-refractivity contribution >= 4 is 11.9 Å². The molecule has 1 N–H and O–H groups in total. The molecule has 2 unspecified atom stereocenters. The average Bonchev–Trinajstić information content (AvgIpc) is 2.93. The summed E-state index contributed by atoms with van der Waals surface area (Å²) in [5.41, 5.74) is 1.36. The molecule has 29 heavy (non-hydrogen) atoms. The Bertz CT molecular complexity index is 658. The van der Waals surface area contributed by atoms with Gasteiger partial charge in [-0.3, -0.25) is 9.59 Å². The molecule has 0 aromatic carbocycles. The summed E-state index contributed by atoms with van der Waals surface area (Å²) in [6, 6.07) is 0. The Labute approximate surface area is 175 Å². The molecule has 5 heteroatoms. The summed E-state index contributed by atoms with van der Waals surface area (Å²) in [5, 5.41) is 9.88. The number of hydrogen-bond acceptors (Lipinski definition) is 5. The van der Waals surface area contributed by atoms with Gasteiger partial charge in [-0.05, 0) is 68.1 Å². The predicted octanol–water partition coefficient (Wildman–Crippen LogP) is 4.42. The fraction of sp³-hybridized carbons (Fsp3) is 0.833. The fourth-order valence-corrected chi connectivity index (χ4v) is 6.97. The number of esters is 2. The number of aliphatic hydroxyl groups is 1. The Balaban J connectivity index is 1.89. The van der Waals surface area contributed by atoms with E-state index >= 15 is 0 Å². The SMILES string of the molecule is C=C1CCC2[C@H](CCO)C([C@@]3(C)CC[C@H](OC(C)=O)C[C@@H]3OC(C)=O)CC[C@]12C. The molecule has 0 amide bonds. The largest absolute Gasteiger partial charge is 0.462 e. The van der Waals surface area contributed by atoms with Crippen LogP contribution in [0.1, 0.15) is 79.1 Å². The van der Waals surface area contributed by atoms with Crippen molar-refractivity contribution in [1.82, 2.24) is 0 Å². The van der Waals surface area contributed by atoms with Crippen LogP contribution >= 0.6 is 0 Å². The Morgan fingerprint density at radius 1 is 1.07 bits per heavy atom. The molecule has 3 aliphatic rings. The van der Waals surface area contributed by atoms with Crippen LogP contribution in [-0.2, 0) is 19.1 Å². The summed E-state index contributed by atoms with van der Waals surface area (Å²) >= 11 is 0. The number of hydrogen-bond donors (Lipinski definition) is 1. The number of ether oxygens (including phenoxy) is 2. The van der Waals surface area contributed by atoms with Crippen LogP contribution in [0.5, 0.6) is 0 Å². The molecule has 7 atom stereocenters. The van der Waals surface area contributed by atoms with Crippen LogP contribution < -0.4 is 0 Å². The van der Waals surface area contributed by atoms with Crippen LogP contribution in [-0.4, -0.2) is 35.9 Å². The summed E-state index contributed by atoms with van der Waals surface area (Å²) in [6.07, 6.45) is 6.93. The van der Waals surface area contributed by atoms with E-state index in [1.807, 2.05) is 0 Å². The average molecular weight is 407 g/mol. The minimum Gasteiger partial charge on any atom is -0.462 e. The number of aliphatic hydroxyl groups excluding tert-OH is 1. The molecule has 3 fully saturated rings. The third-order valence-electron chi connectivity index (χ3n) is 8.56. The minimum atomic E-state index is -0.281. The summed E-state index contributed by atoms with van der Waals surface area (Å²) in [5.74, 6) is 0.740. The van der Waals surface area contributed by atoms with Gasteiger partial charge in [0.2, 0.25) is 0 Å². The first kappa shape index (κ1) is 22.3. The van der Waals surface area contributed by atoms with Crippen molar-refractivity contribution in [2.45, 2.75) is 91.3 Å². The normalized spacial score (nSPS) is 42.2. The Morgan fingerprint density at radius 2 is 1.76 bits per heavy atom. The monoisotopic (exact) mass is 406 g/mol. The van der Waals surface area contributed by atoms with Crippen LogP contribution in [0.15, 0.2) is 12.2 Å². The van der Waals surface area contributed by atoms with Crippen molar-refractivity contribution in [1.29, 1.82) is 0 Å². The first-order valence-electron chi connectivity index (χ1n) is 11.3. The molecule has 3 saturated carbocycles. The lowest BCUT2D eigenvalue weighted by atomic mass is 9.50. The van der Waals surface area contributed by atoms with E-state index in [0.717, 1.165) is 44.9 Å². The smallest absolute Gasteiger partial charge is 0.302 e. The molecule has 164 valence electrons. The molecule has 3 rings (SSSR count). The number of fused-ring (bicyclic) bond motifs is 1. The third-order valence-corrected chi connectivity index (χ3v) is 8.56. The van der Waals surface area contributed by atoms with Crippen molar-refractivity contribution in [2.24, 2.45) is 28.6 Å². The van der Waals surface area contributed by atoms with Gasteiger partial charge in [0.05, 0.1) is 0 Å². The third kappa shape index (κ3) is 4.12. The van der Waals surface area contributed by atoms with E-state index in [1.54, 1.807) is 0 Å². The highest BCUT2D eigenvalue weighted by Crippen LogP contribution is 2.63. The Hall–Kier alpha value is -1.36. The van der Waals surface area contributed by atoms with E-state index in [9.17, 15) is 14.7 Å². The van der Waals surface area contributed by atoms with Crippen molar-refractivity contribution in [3.05, 3.63) is 12.2 Å². The van der Waals surface area contributed by atoms with E-state index in [1.165, 1.54) is 19.4 Å². The fourth-order valence-electron chi connectivity index (χ4n) is 6.97. The van der Waals surface area contributed by atoms with Crippen molar-refractivity contribution in [3.63, 3.8) is 0 Å². The van der Waals surface area contributed by atoms with Crippen molar-refractivity contribution < 1.29 is 24.2 Å². The summed E-state index contributed by atoms with van der Waals surface area (Å²) in [7, 11) is 0. The predicted molar refractivity (Wildman–Crippen MR) is 111 cm³/mol. The topological polar surface area (TPSA) is 72.8 Å². The van der Waals surface area contributed by atoms with E-state index in [0.29, 0.717) is 24.2 Å². The second-order valence-corrected chi connectivity index (χ2v) is 10.1. The maximum atomic E-state index is 11.9. The van der Waals surface area contributed by atoms with Crippen LogP contribution in [0, 0.1) is 28.6 Å². The highest BCUT2D eigenvalue weighted by molar-refractivity contribution is 5.66. The molecule has 0 aromatic rings. The maximum Gasteiger partial charge on any atom is 0.302 e. The van der Waals surface area contributed by atoms with Crippen LogP contribution in [0.3, 0.4) is 0 Å². The lowest BCUT2D eigenvalue weighted by Crippen LogP contribution is -2.54. The molecular weight excluding hydrogens is 368 g/mol. The van der Waals surface area contributed by atoms with E-state index < -0.39 is 0 Å². The van der Waals surface area contributed by atoms with Crippen LogP contribution in [0.4, 0.5) is 0 Å². The second kappa shape index (κ2) is 8.41. The molecule has 0 saturated heterocycles. The van der Waals surface area contributed by atoms with Gasteiger partial charge in [0.25, 0.3) is 0 Å². The molecular formula is C24H38O5. The first-order chi connectivity index (χ1) is 13.6. The molecule has 5 nitrogen and oxygen atoms in total. The highest BCUT2D eigenvalue weighted by Gasteiger charge is 2.57. The Morgan fingerprint density at radius 3 is 2.38 bits per heavy atom. The van der Waals surface area contributed by atoms with Crippen molar-refractivity contribution in [2.75, 3.05) is 6.61 Å². The van der Waals surface area contributed by atoms with Gasteiger partial charge < -0.3 is 14.6 Å². The van der Waals surface area contributed by atoms with Gasteiger partial charge >= 0.3 is 11.9 Å². The van der Waals surface area contributed by atoms with Crippen LogP contribution in [0.25, 0.3) is 0 Å². The molecule has 0 bridgehead atoms. The Kier molecular flexibility index (Phi) is 6.47. The molecule has 0 aliphatic heterocycles. The first-order valence-corrected chi connectivity index (χ1v) is 11.3. The summed E-state index contributed by atoms with van der Waals surface area (Å²) < 4.78 is 11.3. The lowest BCUT2D eigenvalue weighted by Gasteiger charge is -2.56.